The largest absolute Gasteiger partial charge is 0.457 e. The highest BCUT2D eigenvalue weighted by Crippen LogP contribution is 2.28. The Kier molecular flexibility index (Phi) is 4.63. The summed E-state index contributed by atoms with van der Waals surface area (Å²) in [4.78, 5) is 25.9. The molecule has 2 aromatic heterocycles. The van der Waals surface area contributed by atoms with Crippen LogP contribution in [0.25, 0.3) is 0 Å². The van der Waals surface area contributed by atoms with Crippen molar-refractivity contribution in [3.05, 3.63) is 43.9 Å². The van der Waals surface area contributed by atoms with E-state index in [9.17, 15) is 9.59 Å². The molecule has 0 radical (unpaired) electrons. The summed E-state index contributed by atoms with van der Waals surface area (Å²) >= 11 is 4.64. The van der Waals surface area contributed by atoms with Gasteiger partial charge < -0.3 is 4.42 Å². The molecule has 2 amide bonds. The van der Waals surface area contributed by atoms with Gasteiger partial charge in [-0.3, -0.25) is 20.4 Å². The molecule has 2 heterocycles. The minimum absolute atomic E-state index is 0.283. The lowest BCUT2D eigenvalue weighted by Crippen LogP contribution is -2.41. The second-order valence-electron chi connectivity index (χ2n) is 5.17. The van der Waals surface area contributed by atoms with Crippen LogP contribution in [0.1, 0.15) is 49.7 Å². The van der Waals surface area contributed by atoms with Crippen molar-refractivity contribution in [3.63, 3.8) is 0 Å². The van der Waals surface area contributed by atoms with Crippen LogP contribution in [0.5, 0.6) is 0 Å². The Bertz CT molecular complexity index is 684. The Morgan fingerprint density at radius 1 is 1.09 bits per heavy atom. The molecule has 1 aliphatic carbocycles. The highest BCUT2D eigenvalue weighted by molar-refractivity contribution is 9.10. The van der Waals surface area contributed by atoms with Crippen molar-refractivity contribution in [2.45, 2.75) is 32.1 Å². The van der Waals surface area contributed by atoms with Crippen molar-refractivity contribution >= 4 is 39.1 Å². The van der Waals surface area contributed by atoms with Gasteiger partial charge in [0.1, 0.15) is 6.26 Å². The Morgan fingerprint density at radius 3 is 2.64 bits per heavy atom. The van der Waals surface area contributed by atoms with Crippen molar-refractivity contribution in [2.75, 3.05) is 0 Å². The number of carbonyl (C=O) groups excluding carboxylic acids is 2. The topological polar surface area (TPSA) is 71.3 Å². The zero-order valence-corrected chi connectivity index (χ0v) is 14.2. The van der Waals surface area contributed by atoms with E-state index < -0.39 is 5.91 Å². The van der Waals surface area contributed by atoms with E-state index in [1.165, 1.54) is 53.4 Å². The van der Waals surface area contributed by atoms with Crippen LogP contribution in [0.2, 0.25) is 0 Å². The Labute approximate surface area is 140 Å². The first-order valence-corrected chi connectivity index (χ1v) is 8.71. The first-order chi connectivity index (χ1) is 10.6. The predicted molar refractivity (Wildman–Crippen MR) is 86.9 cm³/mol. The van der Waals surface area contributed by atoms with E-state index >= 15 is 0 Å². The third-order valence-corrected chi connectivity index (χ3v) is 5.24. The normalized spacial score (nSPS) is 14.0. The van der Waals surface area contributed by atoms with Crippen LogP contribution >= 0.6 is 27.3 Å². The van der Waals surface area contributed by atoms with Gasteiger partial charge in [0.25, 0.3) is 11.8 Å². The number of aryl methyl sites for hydroxylation is 2. The third kappa shape index (κ3) is 3.41. The average molecular weight is 383 g/mol. The van der Waals surface area contributed by atoms with E-state index in [-0.39, 0.29) is 5.91 Å². The predicted octanol–water partition coefficient (Wildman–Crippen LogP) is 3.45. The molecule has 0 saturated heterocycles. The van der Waals surface area contributed by atoms with Gasteiger partial charge in [-0.25, -0.2) is 0 Å². The molecule has 3 rings (SSSR count). The molecule has 0 aliphatic heterocycles. The summed E-state index contributed by atoms with van der Waals surface area (Å²) in [6.07, 6.45) is 7.01. The van der Waals surface area contributed by atoms with Gasteiger partial charge in [0.15, 0.2) is 4.67 Å². The minimum atomic E-state index is -0.416. The van der Waals surface area contributed by atoms with Crippen molar-refractivity contribution in [1.82, 2.24) is 10.9 Å². The van der Waals surface area contributed by atoms with Gasteiger partial charge in [-0.05, 0) is 53.2 Å². The van der Waals surface area contributed by atoms with E-state index in [2.05, 4.69) is 26.8 Å². The molecule has 0 spiro atoms. The Balaban J connectivity index is 1.61. The summed E-state index contributed by atoms with van der Waals surface area (Å²) in [5.74, 6) is -0.699. The maximum atomic E-state index is 12.1. The van der Waals surface area contributed by atoms with Crippen LogP contribution in [-0.4, -0.2) is 11.8 Å². The lowest BCUT2D eigenvalue weighted by molar-refractivity contribution is 0.0848. The van der Waals surface area contributed by atoms with E-state index in [0.29, 0.717) is 15.1 Å². The summed E-state index contributed by atoms with van der Waals surface area (Å²) in [7, 11) is 0. The molecule has 0 atom stereocenters. The number of hydrazine groups is 1. The molecule has 0 saturated carbocycles. The molecule has 7 heteroatoms. The smallest absolute Gasteiger partial charge is 0.279 e. The number of rotatable bonds is 2. The molecular weight excluding hydrogens is 368 g/mol. The summed E-state index contributed by atoms with van der Waals surface area (Å²) in [5.41, 5.74) is 6.45. The molecule has 0 fully saturated rings. The molecule has 0 bridgehead atoms. The molecule has 1 aliphatic rings. The second-order valence-corrected chi connectivity index (χ2v) is 7.09. The van der Waals surface area contributed by atoms with E-state index in [1.54, 1.807) is 0 Å². The van der Waals surface area contributed by atoms with Crippen LogP contribution in [0.15, 0.2) is 27.5 Å². The van der Waals surface area contributed by atoms with Gasteiger partial charge in [-0.15, -0.1) is 11.3 Å². The van der Waals surface area contributed by atoms with Crippen LogP contribution in [0, 0.1) is 0 Å². The van der Waals surface area contributed by atoms with Gasteiger partial charge in [0.05, 0.1) is 10.4 Å². The number of carbonyl (C=O) groups is 2. The third-order valence-electron chi connectivity index (χ3n) is 3.59. The molecule has 22 heavy (non-hydrogen) atoms. The van der Waals surface area contributed by atoms with E-state index in [4.69, 9.17) is 4.42 Å². The monoisotopic (exact) mass is 382 g/mol. The SMILES string of the molecule is O=C(NNC(=O)c1cc2c(s1)CCCCC2)c1coc(Br)c1. The standard InChI is InChI=1S/C15H15BrN2O3S/c16-13-7-10(8-21-13)14(19)17-18-15(20)12-6-9-4-2-1-3-5-11(9)22-12/h6-8H,1-5H2,(H,17,19)(H,18,20). The quantitative estimate of drug-likeness (QED) is 0.617. The highest BCUT2D eigenvalue weighted by Gasteiger charge is 2.17. The maximum absolute atomic E-state index is 12.1. The minimum Gasteiger partial charge on any atom is -0.457 e. The fourth-order valence-corrected chi connectivity index (χ4v) is 3.94. The number of nitrogens with one attached hydrogen (secondary N) is 2. The lowest BCUT2D eigenvalue weighted by Gasteiger charge is -2.04. The number of hydrogen-bond donors (Lipinski definition) is 2. The summed E-state index contributed by atoms with van der Waals surface area (Å²) in [6, 6.07) is 3.48. The van der Waals surface area contributed by atoms with Gasteiger partial charge in [-0.1, -0.05) is 6.42 Å². The van der Waals surface area contributed by atoms with Crippen LogP contribution in [0.3, 0.4) is 0 Å². The Morgan fingerprint density at radius 2 is 1.86 bits per heavy atom. The van der Waals surface area contributed by atoms with Gasteiger partial charge >= 0.3 is 0 Å². The van der Waals surface area contributed by atoms with Crippen molar-refractivity contribution in [1.29, 1.82) is 0 Å². The molecule has 116 valence electrons. The van der Waals surface area contributed by atoms with Crippen LogP contribution < -0.4 is 10.9 Å². The zero-order valence-electron chi connectivity index (χ0n) is 11.8. The molecular formula is C15H15BrN2O3S. The zero-order chi connectivity index (χ0) is 15.5. The fraction of sp³-hybridized carbons (Fsp3) is 0.333. The van der Waals surface area contributed by atoms with Gasteiger partial charge in [-0.2, -0.15) is 0 Å². The molecule has 0 unspecified atom stereocenters. The number of hydrogen-bond acceptors (Lipinski definition) is 4. The van der Waals surface area contributed by atoms with Crippen LogP contribution in [-0.2, 0) is 12.8 Å². The van der Waals surface area contributed by atoms with Gasteiger partial charge in [0.2, 0.25) is 0 Å². The summed E-state index contributed by atoms with van der Waals surface area (Å²) in [5, 5.41) is 0. The number of amides is 2. The average Bonchev–Trinajstić information content (AvgIpc) is 3.06. The number of halogens is 1. The fourth-order valence-electron chi connectivity index (χ4n) is 2.46. The summed E-state index contributed by atoms with van der Waals surface area (Å²) in [6.45, 7) is 0. The van der Waals surface area contributed by atoms with Crippen molar-refractivity contribution in [2.24, 2.45) is 0 Å². The summed E-state index contributed by atoms with van der Waals surface area (Å²) < 4.78 is 5.45. The Hall–Kier alpha value is -1.60. The second kappa shape index (κ2) is 6.66. The van der Waals surface area contributed by atoms with Crippen molar-refractivity contribution < 1.29 is 14.0 Å². The number of fused-ring (bicyclic) bond motifs is 1. The molecule has 2 aromatic rings. The van der Waals surface area contributed by atoms with Crippen molar-refractivity contribution in [3.8, 4) is 0 Å². The molecule has 2 N–H and O–H groups in total. The first-order valence-electron chi connectivity index (χ1n) is 7.10. The maximum Gasteiger partial charge on any atom is 0.279 e. The number of thiophene rings is 1. The highest BCUT2D eigenvalue weighted by atomic mass is 79.9. The lowest BCUT2D eigenvalue weighted by atomic mass is 10.1. The first kappa shape index (κ1) is 15.3. The molecule has 5 nitrogen and oxygen atoms in total. The number of furan rings is 1. The van der Waals surface area contributed by atoms with E-state index in [0.717, 1.165) is 12.8 Å². The van der Waals surface area contributed by atoms with Crippen LogP contribution in [0.4, 0.5) is 0 Å². The molecule has 0 aromatic carbocycles. The van der Waals surface area contributed by atoms with E-state index in [1.807, 2.05) is 6.07 Å². The van der Waals surface area contributed by atoms with Gasteiger partial charge in [0, 0.05) is 10.9 Å².